The monoisotopic (exact) mass is 336 g/mol. The van der Waals surface area contributed by atoms with E-state index in [2.05, 4.69) is 44.1 Å². The molecule has 2 heterocycles. The summed E-state index contributed by atoms with van der Waals surface area (Å²) in [6.45, 7) is 9.16. The number of alkyl halides is 1. The number of hydrogen-bond acceptors (Lipinski definition) is 4. The van der Waals surface area contributed by atoms with Gasteiger partial charge in [0.05, 0.1) is 19.2 Å². The molecule has 0 aromatic carbocycles. The quantitative estimate of drug-likeness (QED) is 0.849. The van der Waals surface area contributed by atoms with Gasteiger partial charge in [0.2, 0.25) is 5.91 Å². The molecule has 0 aromatic heterocycles. The Balaban J connectivity index is 1.72. The first-order valence-electron chi connectivity index (χ1n) is 8.91. The van der Waals surface area contributed by atoms with Crippen LogP contribution in [0.3, 0.4) is 0 Å². The Kier molecular flexibility index (Phi) is 4.17. The van der Waals surface area contributed by atoms with Crippen molar-refractivity contribution in [1.29, 1.82) is 5.26 Å². The summed E-state index contributed by atoms with van der Waals surface area (Å²) in [4.78, 5) is 16.3. The third kappa shape index (κ3) is 2.44. The van der Waals surface area contributed by atoms with Crippen LogP contribution in [0.5, 0.6) is 0 Å². The highest BCUT2D eigenvalue weighted by atomic mass is 19.1. The SMILES string of the molecule is CN1C[C@]2(C)CC[C@](NCC(=O)N3C[C@@H](F)C[C@H]3C#N)(C1)C2(C)C. The number of hydrogen-bond donors (Lipinski definition) is 1. The fourth-order valence-corrected chi connectivity index (χ4v) is 5.25. The third-order valence-electron chi connectivity index (χ3n) is 7.26. The van der Waals surface area contributed by atoms with Gasteiger partial charge in [-0.1, -0.05) is 20.8 Å². The first-order valence-corrected chi connectivity index (χ1v) is 8.91. The van der Waals surface area contributed by atoms with Crippen LogP contribution in [0.15, 0.2) is 0 Å². The van der Waals surface area contributed by atoms with Crippen molar-refractivity contribution >= 4 is 5.91 Å². The van der Waals surface area contributed by atoms with E-state index in [0.717, 1.165) is 25.9 Å². The normalized spacial score (nSPS) is 41.4. The molecule has 1 N–H and O–H groups in total. The molecule has 0 radical (unpaired) electrons. The zero-order valence-corrected chi connectivity index (χ0v) is 15.2. The second-order valence-corrected chi connectivity index (χ2v) is 8.82. The minimum atomic E-state index is -1.08. The maximum atomic E-state index is 13.6. The topological polar surface area (TPSA) is 59.4 Å². The Bertz CT molecular complexity index is 574. The van der Waals surface area contributed by atoms with Crippen molar-refractivity contribution in [2.45, 2.75) is 57.8 Å². The van der Waals surface area contributed by atoms with Crippen molar-refractivity contribution in [3.63, 3.8) is 0 Å². The van der Waals surface area contributed by atoms with E-state index in [-0.39, 0.29) is 41.8 Å². The summed E-state index contributed by atoms with van der Waals surface area (Å²) >= 11 is 0. The molecule has 3 aliphatic rings. The van der Waals surface area contributed by atoms with Gasteiger partial charge in [0.25, 0.3) is 0 Å². The summed E-state index contributed by atoms with van der Waals surface area (Å²) in [5, 5.41) is 12.7. The molecule has 0 aromatic rings. The third-order valence-corrected chi connectivity index (χ3v) is 7.26. The van der Waals surface area contributed by atoms with Crippen LogP contribution in [-0.2, 0) is 4.79 Å². The van der Waals surface area contributed by atoms with Crippen molar-refractivity contribution in [2.24, 2.45) is 10.8 Å². The molecule has 24 heavy (non-hydrogen) atoms. The average molecular weight is 336 g/mol. The van der Waals surface area contributed by atoms with Gasteiger partial charge in [0.15, 0.2) is 0 Å². The van der Waals surface area contributed by atoms with Crippen LogP contribution >= 0.6 is 0 Å². The summed E-state index contributed by atoms with van der Waals surface area (Å²) in [6.07, 6.45) is 1.24. The minimum absolute atomic E-state index is 0.0484. The molecule has 4 atom stereocenters. The predicted molar refractivity (Wildman–Crippen MR) is 90.0 cm³/mol. The molecule has 5 nitrogen and oxygen atoms in total. The van der Waals surface area contributed by atoms with E-state index >= 15 is 0 Å². The number of rotatable bonds is 3. The van der Waals surface area contributed by atoms with E-state index in [9.17, 15) is 9.18 Å². The van der Waals surface area contributed by atoms with E-state index in [0.29, 0.717) is 0 Å². The summed E-state index contributed by atoms with van der Waals surface area (Å²) in [7, 11) is 2.14. The lowest BCUT2D eigenvalue weighted by Gasteiger charge is -2.56. The fourth-order valence-electron chi connectivity index (χ4n) is 5.25. The van der Waals surface area contributed by atoms with Crippen LogP contribution in [0.25, 0.3) is 0 Å². The number of fused-ring (bicyclic) bond motifs is 2. The van der Waals surface area contributed by atoms with Crippen LogP contribution in [0.4, 0.5) is 4.39 Å². The lowest BCUT2D eigenvalue weighted by atomic mass is 9.60. The van der Waals surface area contributed by atoms with E-state index in [1.807, 2.05) is 0 Å². The van der Waals surface area contributed by atoms with Crippen LogP contribution < -0.4 is 5.32 Å². The molecule has 3 fully saturated rings. The molecule has 1 saturated carbocycles. The highest BCUT2D eigenvalue weighted by molar-refractivity contribution is 5.79. The smallest absolute Gasteiger partial charge is 0.237 e. The average Bonchev–Trinajstić information content (AvgIpc) is 2.90. The Hall–Kier alpha value is -1.19. The van der Waals surface area contributed by atoms with Crippen LogP contribution in [0, 0.1) is 22.2 Å². The number of carbonyl (C=O) groups excluding carboxylic acids is 1. The van der Waals surface area contributed by atoms with Gasteiger partial charge in [-0.2, -0.15) is 5.26 Å². The summed E-state index contributed by atoms with van der Waals surface area (Å²) < 4.78 is 13.6. The van der Waals surface area contributed by atoms with Crippen molar-refractivity contribution in [1.82, 2.24) is 15.1 Å². The second kappa shape index (κ2) is 5.67. The number of halogens is 1. The van der Waals surface area contributed by atoms with Crippen molar-refractivity contribution in [3.8, 4) is 6.07 Å². The summed E-state index contributed by atoms with van der Waals surface area (Å²) in [5.41, 5.74) is 0.194. The van der Waals surface area contributed by atoms with Gasteiger partial charge in [-0.25, -0.2) is 4.39 Å². The van der Waals surface area contributed by atoms with E-state index in [1.165, 1.54) is 4.90 Å². The Morgan fingerprint density at radius 3 is 2.71 bits per heavy atom. The first kappa shape index (κ1) is 17.6. The lowest BCUT2D eigenvalue weighted by molar-refractivity contribution is -0.131. The number of nitrogens with one attached hydrogen (secondary N) is 1. The molecule has 134 valence electrons. The largest absolute Gasteiger partial charge is 0.323 e. The number of carbonyl (C=O) groups is 1. The van der Waals surface area contributed by atoms with Gasteiger partial charge in [0, 0.05) is 25.0 Å². The lowest BCUT2D eigenvalue weighted by Crippen LogP contribution is -2.67. The van der Waals surface area contributed by atoms with E-state index in [4.69, 9.17) is 5.26 Å². The number of likely N-dealkylation sites (tertiary alicyclic amines) is 2. The van der Waals surface area contributed by atoms with Gasteiger partial charge in [-0.15, -0.1) is 0 Å². The summed E-state index contributed by atoms with van der Waals surface area (Å²) in [6, 6.07) is 1.43. The van der Waals surface area contributed by atoms with Gasteiger partial charge >= 0.3 is 0 Å². The standard InChI is InChI=1S/C18H29FN4O/c1-16(2)17(3)5-6-18(16,12-22(4)11-17)21-9-15(24)23-10-13(19)7-14(23)8-20/h13-14,21H,5-7,9-12H2,1-4H3/t13-,14-,17-,18-/m0/s1. The molecule has 3 rings (SSSR count). The maximum absolute atomic E-state index is 13.6. The second-order valence-electron chi connectivity index (χ2n) is 8.82. The molecule has 1 amide bonds. The first-order chi connectivity index (χ1) is 11.1. The van der Waals surface area contributed by atoms with Crippen LogP contribution in [0.1, 0.15) is 40.0 Å². The van der Waals surface area contributed by atoms with Crippen molar-refractivity contribution in [2.75, 3.05) is 33.2 Å². The number of piperidine rings is 1. The van der Waals surface area contributed by atoms with Gasteiger partial charge in [0.1, 0.15) is 12.2 Å². The molecule has 0 unspecified atom stereocenters. The highest BCUT2D eigenvalue weighted by Gasteiger charge is 2.63. The zero-order valence-electron chi connectivity index (χ0n) is 15.2. The molecule has 2 aliphatic heterocycles. The Morgan fingerprint density at radius 1 is 1.33 bits per heavy atom. The number of nitrogens with zero attached hydrogens (tertiary/aromatic N) is 3. The molecule has 1 aliphatic carbocycles. The zero-order chi connectivity index (χ0) is 17.8. The predicted octanol–water partition coefficient (Wildman–Crippen LogP) is 1.55. The Morgan fingerprint density at radius 2 is 2.04 bits per heavy atom. The number of likely N-dealkylation sites (N-methyl/N-ethyl adjacent to an activating group) is 1. The van der Waals surface area contributed by atoms with Crippen molar-refractivity contribution in [3.05, 3.63) is 0 Å². The van der Waals surface area contributed by atoms with Gasteiger partial charge < -0.3 is 15.1 Å². The molecule has 6 heteroatoms. The number of nitriles is 1. The fraction of sp³-hybridized carbons (Fsp3) is 0.889. The van der Waals surface area contributed by atoms with Crippen molar-refractivity contribution < 1.29 is 9.18 Å². The molecular weight excluding hydrogens is 307 g/mol. The van der Waals surface area contributed by atoms with E-state index in [1.54, 1.807) is 0 Å². The number of amides is 1. The van der Waals surface area contributed by atoms with Gasteiger partial charge in [-0.3, -0.25) is 4.79 Å². The highest BCUT2D eigenvalue weighted by Crippen LogP contribution is 2.60. The van der Waals surface area contributed by atoms with Gasteiger partial charge in [-0.05, 0) is 30.7 Å². The molecule has 0 spiro atoms. The summed E-state index contributed by atoms with van der Waals surface area (Å²) in [5.74, 6) is -0.159. The molecule has 2 bridgehead atoms. The Labute approximate surface area is 144 Å². The van der Waals surface area contributed by atoms with Crippen LogP contribution in [-0.4, -0.2) is 66.7 Å². The molecule has 2 saturated heterocycles. The minimum Gasteiger partial charge on any atom is -0.323 e. The molecular formula is C18H29FN4O. The van der Waals surface area contributed by atoms with E-state index < -0.39 is 12.2 Å². The van der Waals surface area contributed by atoms with Crippen LogP contribution in [0.2, 0.25) is 0 Å². The maximum Gasteiger partial charge on any atom is 0.237 e.